The van der Waals surface area contributed by atoms with E-state index in [1.807, 2.05) is 24.3 Å². The van der Waals surface area contributed by atoms with Crippen LogP contribution >= 0.6 is 0 Å². The highest BCUT2D eigenvalue weighted by Gasteiger charge is 2.14. The first-order valence-electron chi connectivity index (χ1n) is 7.07. The fraction of sp³-hybridized carbons (Fsp3) is 0.533. The number of rotatable bonds is 6. The van der Waals surface area contributed by atoms with Crippen LogP contribution in [-0.4, -0.2) is 38.8 Å². The minimum absolute atomic E-state index is 0.0585. The predicted molar refractivity (Wildman–Crippen MR) is 78.1 cm³/mol. The zero-order valence-electron chi connectivity index (χ0n) is 11.9. The lowest BCUT2D eigenvalue weighted by Crippen LogP contribution is -2.26. The Bertz CT molecular complexity index is 414. The van der Waals surface area contributed by atoms with Gasteiger partial charge in [-0.15, -0.1) is 0 Å². The maximum atomic E-state index is 11.4. The first kappa shape index (κ1) is 14.8. The average molecular weight is 278 g/mol. The number of ether oxygens (including phenoxy) is 2. The van der Waals surface area contributed by atoms with Crippen LogP contribution in [0.25, 0.3) is 0 Å². The smallest absolute Gasteiger partial charge is 0.238 e. The van der Waals surface area contributed by atoms with Gasteiger partial charge in [-0.25, -0.2) is 0 Å². The van der Waals surface area contributed by atoms with Crippen LogP contribution < -0.4 is 15.4 Å². The topological polar surface area (TPSA) is 59.6 Å². The van der Waals surface area contributed by atoms with Crippen molar-refractivity contribution in [3.05, 3.63) is 24.3 Å². The zero-order valence-corrected chi connectivity index (χ0v) is 11.9. The van der Waals surface area contributed by atoms with Crippen molar-refractivity contribution in [2.75, 3.05) is 32.1 Å². The summed E-state index contributed by atoms with van der Waals surface area (Å²) in [5.41, 5.74) is 0.770. The molecule has 0 bridgehead atoms. The van der Waals surface area contributed by atoms with Gasteiger partial charge in [0.1, 0.15) is 12.4 Å². The Kier molecular flexibility index (Phi) is 5.83. The van der Waals surface area contributed by atoms with E-state index in [4.69, 9.17) is 9.47 Å². The summed E-state index contributed by atoms with van der Waals surface area (Å²) in [5.74, 6) is 0.738. The third-order valence-corrected chi connectivity index (χ3v) is 3.19. The summed E-state index contributed by atoms with van der Waals surface area (Å²) in [5, 5.41) is 5.60. The fourth-order valence-corrected chi connectivity index (χ4v) is 2.13. The second-order valence-electron chi connectivity index (χ2n) is 4.90. The molecule has 1 aliphatic rings. The van der Waals surface area contributed by atoms with Gasteiger partial charge in [0, 0.05) is 12.3 Å². The molecule has 1 aliphatic heterocycles. The molecule has 0 radical (unpaired) electrons. The van der Waals surface area contributed by atoms with Crippen molar-refractivity contribution in [2.24, 2.45) is 0 Å². The molecule has 0 spiro atoms. The Morgan fingerprint density at radius 1 is 1.35 bits per heavy atom. The highest BCUT2D eigenvalue weighted by atomic mass is 16.5. The van der Waals surface area contributed by atoms with Crippen molar-refractivity contribution < 1.29 is 14.3 Å². The summed E-state index contributed by atoms with van der Waals surface area (Å²) in [7, 11) is 1.74. The summed E-state index contributed by atoms with van der Waals surface area (Å²) in [4.78, 5) is 11.4. The number of carbonyl (C=O) groups excluding carboxylic acids is 1. The lowest BCUT2D eigenvalue weighted by atomic mass is 10.1. The molecule has 0 saturated carbocycles. The van der Waals surface area contributed by atoms with Gasteiger partial charge >= 0.3 is 0 Å². The van der Waals surface area contributed by atoms with E-state index in [0.29, 0.717) is 13.2 Å². The number of hydrogen-bond acceptors (Lipinski definition) is 4. The monoisotopic (exact) mass is 278 g/mol. The third-order valence-electron chi connectivity index (χ3n) is 3.19. The summed E-state index contributed by atoms with van der Waals surface area (Å²) in [6, 6.07) is 7.39. The molecule has 2 rings (SSSR count). The maximum Gasteiger partial charge on any atom is 0.238 e. The molecule has 110 valence electrons. The number of anilines is 1. The van der Waals surface area contributed by atoms with Crippen LogP contribution in [0.1, 0.15) is 19.3 Å². The van der Waals surface area contributed by atoms with E-state index in [-0.39, 0.29) is 12.0 Å². The molecule has 1 unspecified atom stereocenters. The van der Waals surface area contributed by atoms with E-state index < -0.39 is 0 Å². The molecule has 2 N–H and O–H groups in total. The van der Waals surface area contributed by atoms with Gasteiger partial charge in [0.15, 0.2) is 0 Å². The first-order valence-corrected chi connectivity index (χ1v) is 7.07. The van der Waals surface area contributed by atoms with E-state index in [9.17, 15) is 4.79 Å². The molecular formula is C15H22N2O3. The van der Waals surface area contributed by atoms with E-state index in [1.165, 1.54) is 6.42 Å². The van der Waals surface area contributed by atoms with Crippen molar-refractivity contribution in [3.63, 3.8) is 0 Å². The lowest BCUT2D eigenvalue weighted by molar-refractivity contribution is -0.115. The molecule has 0 aliphatic carbocycles. The molecule has 1 amide bonds. The Morgan fingerprint density at radius 3 is 2.80 bits per heavy atom. The molecule has 1 fully saturated rings. The van der Waals surface area contributed by atoms with Gasteiger partial charge in [-0.1, -0.05) is 0 Å². The number of carbonyl (C=O) groups is 1. The minimum Gasteiger partial charge on any atom is -0.491 e. The van der Waals surface area contributed by atoms with E-state index in [0.717, 1.165) is 30.9 Å². The molecule has 1 heterocycles. The summed E-state index contributed by atoms with van der Waals surface area (Å²) >= 11 is 0. The average Bonchev–Trinajstić information content (AvgIpc) is 2.48. The minimum atomic E-state index is -0.0585. The van der Waals surface area contributed by atoms with Crippen LogP contribution in [0, 0.1) is 0 Å². The van der Waals surface area contributed by atoms with Gasteiger partial charge in [0.25, 0.3) is 0 Å². The van der Waals surface area contributed by atoms with Crippen LogP contribution in [0.2, 0.25) is 0 Å². The Balaban J connectivity index is 1.77. The molecule has 1 aromatic rings. The Hall–Kier alpha value is -1.59. The molecule has 5 heteroatoms. The number of benzene rings is 1. The second kappa shape index (κ2) is 7.87. The van der Waals surface area contributed by atoms with Crippen LogP contribution in [0.5, 0.6) is 5.75 Å². The maximum absolute atomic E-state index is 11.4. The van der Waals surface area contributed by atoms with E-state index in [2.05, 4.69) is 10.6 Å². The zero-order chi connectivity index (χ0) is 14.2. The van der Waals surface area contributed by atoms with Gasteiger partial charge in [0.05, 0.1) is 12.6 Å². The van der Waals surface area contributed by atoms with Crippen molar-refractivity contribution >= 4 is 11.6 Å². The molecule has 1 saturated heterocycles. The normalized spacial score (nSPS) is 18.6. The molecule has 1 aromatic carbocycles. The second-order valence-corrected chi connectivity index (χ2v) is 4.90. The van der Waals surface area contributed by atoms with Crippen molar-refractivity contribution in [3.8, 4) is 5.75 Å². The lowest BCUT2D eigenvalue weighted by Gasteiger charge is -2.22. The number of nitrogens with one attached hydrogen (secondary N) is 2. The van der Waals surface area contributed by atoms with Crippen molar-refractivity contribution in [2.45, 2.75) is 25.4 Å². The van der Waals surface area contributed by atoms with Crippen LogP contribution in [-0.2, 0) is 9.53 Å². The van der Waals surface area contributed by atoms with Gasteiger partial charge in [0.2, 0.25) is 5.91 Å². The quantitative estimate of drug-likeness (QED) is 0.833. The summed E-state index contributed by atoms with van der Waals surface area (Å²) in [6.45, 7) is 1.73. The molecule has 5 nitrogen and oxygen atoms in total. The largest absolute Gasteiger partial charge is 0.491 e. The van der Waals surface area contributed by atoms with Gasteiger partial charge < -0.3 is 20.1 Å². The van der Waals surface area contributed by atoms with Crippen LogP contribution in [0.4, 0.5) is 5.69 Å². The number of hydrogen-bond donors (Lipinski definition) is 2. The molecule has 1 atom stereocenters. The van der Waals surface area contributed by atoms with E-state index >= 15 is 0 Å². The summed E-state index contributed by atoms with van der Waals surface area (Å²) in [6.07, 6.45) is 3.64. The van der Waals surface area contributed by atoms with Crippen LogP contribution in [0.15, 0.2) is 24.3 Å². The molecule has 0 aromatic heterocycles. The SMILES string of the molecule is CNCC(=O)Nc1ccc(OCC2CCCCO2)cc1. The third kappa shape index (κ3) is 4.83. The Morgan fingerprint density at radius 2 is 2.15 bits per heavy atom. The fourth-order valence-electron chi connectivity index (χ4n) is 2.13. The Labute approximate surface area is 119 Å². The standard InChI is InChI=1S/C15H22N2O3/c1-16-10-15(18)17-12-5-7-13(8-6-12)20-11-14-4-2-3-9-19-14/h5-8,14,16H,2-4,9-11H2,1H3,(H,17,18). The highest BCUT2D eigenvalue weighted by Crippen LogP contribution is 2.18. The predicted octanol–water partition coefficient (Wildman–Crippen LogP) is 1.79. The van der Waals surface area contributed by atoms with Gasteiger partial charge in [-0.05, 0) is 50.6 Å². The first-order chi connectivity index (χ1) is 9.78. The highest BCUT2D eigenvalue weighted by molar-refractivity contribution is 5.92. The van der Waals surface area contributed by atoms with Crippen molar-refractivity contribution in [1.82, 2.24) is 5.32 Å². The van der Waals surface area contributed by atoms with E-state index in [1.54, 1.807) is 7.05 Å². The van der Waals surface area contributed by atoms with Crippen molar-refractivity contribution in [1.29, 1.82) is 0 Å². The number of amides is 1. The number of likely N-dealkylation sites (N-methyl/N-ethyl adjacent to an activating group) is 1. The summed E-state index contributed by atoms with van der Waals surface area (Å²) < 4.78 is 11.3. The van der Waals surface area contributed by atoms with Crippen LogP contribution in [0.3, 0.4) is 0 Å². The van der Waals surface area contributed by atoms with Gasteiger partial charge in [-0.2, -0.15) is 0 Å². The molecule has 20 heavy (non-hydrogen) atoms. The molecular weight excluding hydrogens is 256 g/mol. The van der Waals surface area contributed by atoms with Gasteiger partial charge in [-0.3, -0.25) is 4.79 Å².